The zero-order valence-electron chi connectivity index (χ0n) is 6.45. The number of benzene rings is 1. The predicted molar refractivity (Wildman–Crippen MR) is 50.3 cm³/mol. The summed E-state index contributed by atoms with van der Waals surface area (Å²) in [5, 5.41) is 9.03. The van der Waals surface area contributed by atoms with E-state index in [1.807, 2.05) is 0 Å². The van der Waals surface area contributed by atoms with E-state index in [9.17, 15) is 14.9 Å². The minimum absolute atomic E-state index is 0.188. The number of carbonyl (C=O) groups is 1. The summed E-state index contributed by atoms with van der Waals surface area (Å²) in [7, 11) is 0. The molecule has 0 saturated heterocycles. The first kappa shape index (κ1) is 9.53. The van der Waals surface area contributed by atoms with Crippen LogP contribution in [0, 0.1) is 10.1 Å². The van der Waals surface area contributed by atoms with Gasteiger partial charge in [-0.1, -0.05) is 30.8 Å². The van der Waals surface area contributed by atoms with Gasteiger partial charge in [0, 0.05) is 0 Å². The predicted octanol–water partition coefficient (Wildman–Crippen LogP) is 1.73. The van der Waals surface area contributed by atoms with Gasteiger partial charge in [-0.15, -0.1) is 0 Å². The summed E-state index contributed by atoms with van der Waals surface area (Å²) < 4.78 is 0. The molecular formula is C7H6N2O3S. The summed E-state index contributed by atoms with van der Waals surface area (Å²) in [5.41, 5.74) is 0.188. The standard InChI is InChI=1S/C7H6N2O3S/c10-7(13)8(9(11)12)6-4-2-1-3-5-6/h1-5H,(H,10,13). The highest BCUT2D eigenvalue weighted by Gasteiger charge is 2.22. The summed E-state index contributed by atoms with van der Waals surface area (Å²) in [6.45, 7) is 0. The minimum Gasteiger partial charge on any atom is -0.255 e. The Hall–Kier alpha value is -1.56. The molecule has 0 unspecified atom stereocenters. The Balaban J connectivity index is 3.03. The summed E-state index contributed by atoms with van der Waals surface area (Å²) in [4.78, 5) is 21.1. The van der Waals surface area contributed by atoms with Gasteiger partial charge in [-0.25, -0.2) is 10.1 Å². The number of hydrogen-bond donors (Lipinski definition) is 1. The monoisotopic (exact) mass is 198 g/mol. The normalized spacial score (nSPS) is 9.31. The first-order chi connectivity index (χ1) is 6.13. The van der Waals surface area contributed by atoms with Crippen LogP contribution < -0.4 is 5.01 Å². The summed E-state index contributed by atoms with van der Waals surface area (Å²) in [6, 6.07) is 7.81. The number of nitro groups is 1. The lowest BCUT2D eigenvalue weighted by molar-refractivity contribution is -0.480. The molecule has 0 aliphatic carbocycles. The van der Waals surface area contributed by atoms with Crippen LogP contribution in [0.25, 0.3) is 0 Å². The van der Waals surface area contributed by atoms with E-state index in [4.69, 9.17) is 0 Å². The van der Waals surface area contributed by atoms with E-state index in [1.54, 1.807) is 18.2 Å². The molecule has 5 nitrogen and oxygen atoms in total. The van der Waals surface area contributed by atoms with Crippen molar-refractivity contribution in [3.8, 4) is 0 Å². The van der Waals surface area contributed by atoms with E-state index in [2.05, 4.69) is 12.6 Å². The zero-order chi connectivity index (χ0) is 9.84. The Labute approximate surface area is 79.5 Å². The van der Waals surface area contributed by atoms with Crippen molar-refractivity contribution < 1.29 is 9.83 Å². The molecule has 0 heterocycles. The molecule has 1 aromatic rings. The number of para-hydroxylation sites is 1. The van der Waals surface area contributed by atoms with E-state index in [1.165, 1.54) is 12.1 Å². The second-order valence-electron chi connectivity index (χ2n) is 2.17. The largest absolute Gasteiger partial charge is 0.343 e. The number of anilines is 1. The average molecular weight is 198 g/mol. The quantitative estimate of drug-likeness (QED) is 0.447. The number of carbonyl (C=O) groups excluding carboxylic acids is 1. The fourth-order valence-corrected chi connectivity index (χ4v) is 1.03. The number of hydrazine groups is 1. The Bertz CT molecular complexity index is 314. The van der Waals surface area contributed by atoms with Gasteiger partial charge in [0.1, 0.15) is 5.69 Å². The maximum Gasteiger partial charge on any atom is 0.343 e. The molecule has 1 aromatic carbocycles. The van der Waals surface area contributed by atoms with Gasteiger partial charge in [0.05, 0.1) is 0 Å². The molecule has 0 radical (unpaired) electrons. The van der Waals surface area contributed by atoms with Crippen molar-refractivity contribution in [2.75, 3.05) is 5.01 Å². The van der Waals surface area contributed by atoms with Crippen molar-refractivity contribution >= 4 is 23.6 Å². The molecule has 0 N–H and O–H groups in total. The van der Waals surface area contributed by atoms with Crippen molar-refractivity contribution in [2.45, 2.75) is 0 Å². The third-order valence-electron chi connectivity index (χ3n) is 1.35. The zero-order valence-corrected chi connectivity index (χ0v) is 7.35. The Morgan fingerprint density at radius 3 is 2.31 bits per heavy atom. The molecule has 0 saturated carbocycles. The van der Waals surface area contributed by atoms with Crippen LogP contribution in [-0.2, 0) is 0 Å². The summed E-state index contributed by atoms with van der Waals surface area (Å²) in [5.74, 6) is 0. The highest BCUT2D eigenvalue weighted by Crippen LogP contribution is 2.14. The number of amides is 1. The van der Waals surface area contributed by atoms with Gasteiger partial charge in [-0.2, -0.15) is 0 Å². The molecule has 1 amide bonds. The van der Waals surface area contributed by atoms with E-state index in [-0.39, 0.29) is 5.69 Å². The van der Waals surface area contributed by atoms with E-state index in [0.717, 1.165) is 0 Å². The number of thiol groups is 1. The van der Waals surface area contributed by atoms with Crippen molar-refractivity contribution in [1.82, 2.24) is 0 Å². The lowest BCUT2D eigenvalue weighted by Gasteiger charge is -2.07. The van der Waals surface area contributed by atoms with Crippen molar-refractivity contribution in [1.29, 1.82) is 0 Å². The molecule has 0 aliphatic rings. The smallest absolute Gasteiger partial charge is 0.255 e. The molecule has 0 atom stereocenters. The topological polar surface area (TPSA) is 63.5 Å². The van der Waals surface area contributed by atoms with Crippen LogP contribution in [0.2, 0.25) is 0 Å². The molecule has 0 aliphatic heterocycles. The van der Waals surface area contributed by atoms with Crippen molar-refractivity contribution in [3.05, 3.63) is 40.4 Å². The fraction of sp³-hybridized carbons (Fsp3) is 0. The third kappa shape index (κ3) is 2.19. The van der Waals surface area contributed by atoms with E-state index < -0.39 is 10.3 Å². The Morgan fingerprint density at radius 2 is 1.92 bits per heavy atom. The molecule has 13 heavy (non-hydrogen) atoms. The van der Waals surface area contributed by atoms with Gasteiger partial charge in [0.2, 0.25) is 0 Å². The minimum atomic E-state index is -0.920. The maximum absolute atomic E-state index is 10.7. The Morgan fingerprint density at radius 1 is 1.38 bits per heavy atom. The molecule has 6 heteroatoms. The highest BCUT2D eigenvalue weighted by molar-refractivity contribution is 7.96. The van der Waals surface area contributed by atoms with Gasteiger partial charge in [-0.3, -0.25) is 4.79 Å². The summed E-state index contributed by atoms with van der Waals surface area (Å²) >= 11 is 3.39. The van der Waals surface area contributed by atoms with E-state index in [0.29, 0.717) is 5.01 Å². The van der Waals surface area contributed by atoms with Crippen LogP contribution in [0.4, 0.5) is 10.5 Å². The average Bonchev–Trinajstić information content (AvgIpc) is 2.04. The lowest BCUT2D eigenvalue weighted by atomic mass is 10.3. The SMILES string of the molecule is O=C(S)N(c1ccccc1)[N+](=O)[O-]. The molecule has 0 bridgehead atoms. The second kappa shape index (κ2) is 3.90. The maximum atomic E-state index is 10.7. The van der Waals surface area contributed by atoms with Crippen LogP contribution in [0.15, 0.2) is 30.3 Å². The first-order valence-corrected chi connectivity index (χ1v) is 3.80. The van der Waals surface area contributed by atoms with Gasteiger partial charge in [-0.05, 0) is 17.1 Å². The number of hydrogen-bond acceptors (Lipinski definition) is 3. The molecule has 0 aromatic heterocycles. The molecule has 0 fully saturated rings. The van der Waals surface area contributed by atoms with E-state index >= 15 is 0 Å². The van der Waals surface area contributed by atoms with Gasteiger partial charge >= 0.3 is 5.24 Å². The van der Waals surface area contributed by atoms with Crippen LogP contribution in [0.1, 0.15) is 0 Å². The van der Waals surface area contributed by atoms with Crippen LogP contribution >= 0.6 is 12.6 Å². The number of nitrogens with zero attached hydrogens (tertiary/aromatic N) is 2. The molecule has 0 spiro atoms. The second-order valence-corrected chi connectivity index (χ2v) is 2.55. The van der Waals surface area contributed by atoms with Crippen molar-refractivity contribution in [3.63, 3.8) is 0 Å². The van der Waals surface area contributed by atoms with Crippen LogP contribution in [-0.4, -0.2) is 10.3 Å². The molecular weight excluding hydrogens is 192 g/mol. The third-order valence-corrected chi connectivity index (χ3v) is 1.53. The summed E-state index contributed by atoms with van der Waals surface area (Å²) in [6.07, 6.45) is 0. The molecule has 1 rings (SSSR count). The van der Waals surface area contributed by atoms with Gasteiger partial charge < -0.3 is 0 Å². The van der Waals surface area contributed by atoms with Crippen LogP contribution in [0.3, 0.4) is 0 Å². The lowest BCUT2D eigenvalue weighted by Crippen LogP contribution is -2.31. The Kier molecular flexibility index (Phi) is 2.86. The molecule has 68 valence electrons. The number of rotatable bonds is 2. The van der Waals surface area contributed by atoms with Gasteiger partial charge in [0.15, 0.2) is 5.03 Å². The van der Waals surface area contributed by atoms with Crippen molar-refractivity contribution in [2.24, 2.45) is 0 Å². The highest BCUT2D eigenvalue weighted by atomic mass is 32.1. The van der Waals surface area contributed by atoms with Crippen LogP contribution in [0.5, 0.6) is 0 Å². The first-order valence-electron chi connectivity index (χ1n) is 3.35. The van der Waals surface area contributed by atoms with Gasteiger partial charge in [0.25, 0.3) is 0 Å². The fourth-order valence-electron chi connectivity index (χ4n) is 0.844.